The lowest BCUT2D eigenvalue weighted by atomic mass is 10.1. The first-order valence-corrected chi connectivity index (χ1v) is 7.47. The normalized spacial score (nSPS) is 29.9. The Morgan fingerprint density at radius 3 is 2.12 bits per heavy atom. The summed E-state index contributed by atoms with van der Waals surface area (Å²) in [6.07, 6.45) is -1.98. The minimum Gasteiger partial charge on any atom is -0.463 e. The Bertz CT molecular complexity index is 572. The van der Waals surface area contributed by atoms with Crippen LogP contribution < -0.4 is 0 Å². The summed E-state index contributed by atoms with van der Waals surface area (Å²) in [5.74, 6) is -1.58. The molecule has 9 heteroatoms. The lowest BCUT2D eigenvalue weighted by molar-refractivity contribution is -0.193. The molecule has 1 fully saturated rings. The molecule has 2 aliphatic rings. The molecule has 0 radical (unpaired) electrons. The number of carbonyl (C=O) groups is 3. The van der Waals surface area contributed by atoms with E-state index < -0.39 is 36.3 Å². The van der Waals surface area contributed by atoms with Crippen molar-refractivity contribution in [2.75, 3.05) is 13.7 Å². The zero-order valence-electron chi connectivity index (χ0n) is 14.2. The van der Waals surface area contributed by atoms with Crippen LogP contribution in [0.4, 0.5) is 0 Å². The summed E-state index contributed by atoms with van der Waals surface area (Å²) < 4.78 is 26.9. The van der Waals surface area contributed by atoms with Gasteiger partial charge in [0, 0.05) is 20.8 Å². The van der Waals surface area contributed by atoms with Crippen LogP contribution in [0.3, 0.4) is 0 Å². The van der Waals surface area contributed by atoms with E-state index in [1.54, 1.807) is 18.9 Å². The molecule has 3 unspecified atom stereocenters. The average Bonchev–Trinajstić information content (AvgIpc) is 2.73. The van der Waals surface area contributed by atoms with Crippen molar-refractivity contribution in [1.82, 2.24) is 4.90 Å². The van der Waals surface area contributed by atoms with Gasteiger partial charge in [0.1, 0.15) is 18.9 Å². The van der Waals surface area contributed by atoms with Crippen LogP contribution in [0.2, 0.25) is 0 Å². The second-order valence-electron chi connectivity index (χ2n) is 5.56. The summed E-state index contributed by atoms with van der Waals surface area (Å²) in [5, 5.41) is 0. The number of fused-ring (bicyclic) bond motifs is 1. The first-order valence-electron chi connectivity index (χ1n) is 7.47. The number of rotatable bonds is 4. The van der Waals surface area contributed by atoms with Gasteiger partial charge >= 0.3 is 17.9 Å². The third-order valence-electron chi connectivity index (χ3n) is 3.65. The van der Waals surface area contributed by atoms with Gasteiger partial charge in [0.15, 0.2) is 23.9 Å². The Morgan fingerprint density at radius 2 is 1.58 bits per heavy atom. The molecule has 0 N–H and O–H groups in total. The van der Waals surface area contributed by atoms with Gasteiger partial charge in [0.2, 0.25) is 0 Å². The Morgan fingerprint density at radius 1 is 1.00 bits per heavy atom. The minimum absolute atomic E-state index is 0.00440. The highest BCUT2D eigenvalue weighted by Gasteiger charge is 2.50. The van der Waals surface area contributed by atoms with E-state index in [2.05, 4.69) is 0 Å². The van der Waals surface area contributed by atoms with Crippen LogP contribution in [0.5, 0.6) is 0 Å². The zero-order valence-corrected chi connectivity index (χ0v) is 14.2. The number of hydrogen-bond acceptors (Lipinski definition) is 9. The predicted molar refractivity (Wildman–Crippen MR) is 78.0 cm³/mol. The Hall–Kier alpha value is -1.97. The van der Waals surface area contributed by atoms with E-state index in [0.29, 0.717) is 0 Å². The van der Waals surface area contributed by atoms with E-state index in [0.717, 1.165) is 0 Å². The standard InChI is InChI=1S/C15H21NO8/c1-7-16(5)12-14(23-10(4)19)13(22-9(3)18)11(6-20-8(2)17)24-15(12)21-7/h7,11-12,15H,6H2,1-5H3/t7?,11?,12-,15?/m0/s1. The van der Waals surface area contributed by atoms with Crippen LogP contribution in [0, 0.1) is 0 Å². The summed E-state index contributed by atoms with van der Waals surface area (Å²) in [6, 6.07) is -0.563. The molecule has 2 rings (SSSR count). The van der Waals surface area contributed by atoms with Gasteiger partial charge in [-0.25, -0.2) is 0 Å². The molecule has 0 amide bonds. The summed E-state index contributed by atoms with van der Waals surface area (Å²) in [4.78, 5) is 35.8. The fraction of sp³-hybridized carbons (Fsp3) is 0.667. The van der Waals surface area contributed by atoms with Crippen LogP contribution in [0.25, 0.3) is 0 Å². The van der Waals surface area contributed by atoms with Gasteiger partial charge in [-0.2, -0.15) is 0 Å². The third-order valence-corrected chi connectivity index (χ3v) is 3.65. The second kappa shape index (κ2) is 7.29. The maximum Gasteiger partial charge on any atom is 0.307 e. The van der Waals surface area contributed by atoms with E-state index in [-0.39, 0.29) is 24.4 Å². The molecule has 2 heterocycles. The number of nitrogens with zero attached hydrogens (tertiary/aromatic N) is 1. The molecule has 134 valence electrons. The average molecular weight is 343 g/mol. The van der Waals surface area contributed by atoms with Gasteiger partial charge in [-0.15, -0.1) is 0 Å². The van der Waals surface area contributed by atoms with E-state index >= 15 is 0 Å². The first-order chi connectivity index (χ1) is 11.2. The Kier molecular flexibility index (Phi) is 5.58. The van der Waals surface area contributed by atoms with Crippen LogP contribution in [0.1, 0.15) is 27.7 Å². The van der Waals surface area contributed by atoms with Gasteiger partial charge in [0.05, 0.1) is 0 Å². The monoisotopic (exact) mass is 343 g/mol. The van der Waals surface area contributed by atoms with E-state index in [1.807, 2.05) is 0 Å². The van der Waals surface area contributed by atoms with Gasteiger partial charge in [-0.05, 0) is 14.0 Å². The number of hydrogen-bond donors (Lipinski definition) is 0. The number of ether oxygens (including phenoxy) is 5. The second-order valence-corrected chi connectivity index (χ2v) is 5.56. The highest BCUT2D eigenvalue weighted by molar-refractivity contribution is 5.69. The molecule has 0 saturated carbocycles. The summed E-state index contributed by atoms with van der Waals surface area (Å²) >= 11 is 0. The van der Waals surface area contributed by atoms with Crippen molar-refractivity contribution in [2.45, 2.75) is 52.4 Å². The van der Waals surface area contributed by atoms with Gasteiger partial charge in [-0.1, -0.05) is 0 Å². The summed E-state index contributed by atoms with van der Waals surface area (Å²) in [6.45, 7) is 5.30. The fourth-order valence-electron chi connectivity index (χ4n) is 2.57. The lowest BCUT2D eigenvalue weighted by Gasteiger charge is -2.34. The van der Waals surface area contributed by atoms with Crippen LogP contribution >= 0.6 is 0 Å². The lowest BCUT2D eigenvalue weighted by Crippen LogP contribution is -2.47. The molecule has 2 aliphatic heterocycles. The SMILES string of the molecule is CC(=O)OCC1OC2OC(C)N(C)[C@H]2C(OC(C)=O)=C1OC(C)=O. The third kappa shape index (κ3) is 3.92. The molecule has 0 bridgehead atoms. The topological polar surface area (TPSA) is 101 Å². The number of likely N-dealkylation sites (N-methyl/N-ethyl adjacent to an activating group) is 1. The molecule has 0 aliphatic carbocycles. The molecule has 0 aromatic rings. The van der Waals surface area contributed by atoms with Crippen LogP contribution in [-0.2, 0) is 38.1 Å². The molecule has 24 heavy (non-hydrogen) atoms. The zero-order chi connectivity index (χ0) is 18.0. The highest BCUT2D eigenvalue weighted by atomic mass is 16.7. The molecule has 0 aromatic carbocycles. The molecular formula is C15H21NO8. The van der Waals surface area contributed by atoms with Gasteiger partial charge in [-0.3, -0.25) is 19.3 Å². The predicted octanol–water partition coefficient (Wildman–Crippen LogP) is 0.289. The van der Waals surface area contributed by atoms with Crippen molar-refractivity contribution < 1.29 is 38.1 Å². The van der Waals surface area contributed by atoms with E-state index in [9.17, 15) is 14.4 Å². The van der Waals surface area contributed by atoms with Crippen LogP contribution in [-0.4, -0.2) is 61.1 Å². The molecule has 4 atom stereocenters. The van der Waals surface area contributed by atoms with Crippen molar-refractivity contribution >= 4 is 17.9 Å². The van der Waals surface area contributed by atoms with Crippen molar-refractivity contribution in [1.29, 1.82) is 0 Å². The van der Waals surface area contributed by atoms with Crippen molar-refractivity contribution in [3.63, 3.8) is 0 Å². The molecule has 0 aromatic heterocycles. The smallest absolute Gasteiger partial charge is 0.307 e. The van der Waals surface area contributed by atoms with Gasteiger partial charge < -0.3 is 23.7 Å². The van der Waals surface area contributed by atoms with E-state index in [1.165, 1.54) is 20.8 Å². The van der Waals surface area contributed by atoms with Crippen molar-refractivity contribution in [2.24, 2.45) is 0 Å². The minimum atomic E-state index is -0.924. The molecular weight excluding hydrogens is 322 g/mol. The summed E-state index contributed by atoms with van der Waals surface area (Å²) in [7, 11) is 1.76. The molecule has 1 saturated heterocycles. The number of carbonyl (C=O) groups excluding carboxylic acids is 3. The van der Waals surface area contributed by atoms with Crippen LogP contribution in [0.15, 0.2) is 11.5 Å². The van der Waals surface area contributed by atoms with Gasteiger partial charge in [0.25, 0.3) is 0 Å². The maximum absolute atomic E-state index is 11.5. The first kappa shape index (κ1) is 18.4. The molecule has 9 nitrogen and oxygen atoms in total. The van der Waals surface area contributed by atoms with Crippen molar-refractivity contribution in [3.05, 3.63) is 11.5 Å². The van der Waals surface area contributed by atoms with E-state index in [4.69, 9.17) is 23.7 Å². The quantitative estimate of drug-likeness (QED) is 0.526. The van der Waals surface area contributed by atoms with Crippen molar-refractivity contribution in [3.8, 4) is 0 Å². The summed E-state index contributed by atoms with van der Waals surface area (Å²) in [5.41, 5.74) is 0. The Labute approximate surface area is 139 Å². The highest BCUT2D eigenvalue weighted by Crippen LogP contribution is 2.37. The fourth-order valence-corrected chi connectivity index (χ4v) is 2.57. The Balaban J connectivity index is 2.43. The largest absolute Gasteiger partial charge is 0.463 e. The molecule has 0 spiro atoms. The number of esters is 3. The maximum atomic E-state index is 11.5.